The number of hydrogen-bond acceptors (Lipinski definition) is 9. The van der Waals surface area contributed by atoms with E-state index < -0.39 is 18.0 Å². The van der Waals surface area contributed by atoms with Crippen molar-refractivity contribution in [2.45, 2.75) is 38.0 Å². The molecule has 0 aromatic carbocycles. The van der Waals surface area contributed by atoms with E-state index in [-0.39, 0.29) is 12.4 Å². The molecule has 2 amide bonds. The number of tetrazole rings is 1. The van der Waals surface area contributed by atoms with Crippen molar-refractivity contribution in [2.24, 2.45) is 0 Å². The van der Waals surface area contributed by atoms with Gasteiger partial charge in [0.25, 0.3) is 0 Å². The zero-order valence-corrected chi connectivity index (χ0v) is 19.2. The molecule has 2 N–H and O–H groups in total. The average molecular weight is 475 g/mol. The fourth-order valence-corrected chi connectivity index (χ4v) is 4.82. The molecule has 0 spiro atoms. The van der Waals surface area contributed by atoms with Gasteiger partial charge in [-0.05, 0) is 47.9 Å². The first-order valence-electron chi connectivity index (χ1n) is 10.0. The van der Waals surface area contributed by atoms with Gasteiger partial charge in [-0.1, -0.05) is 17.8 Å². The van der Waals surface area contributed by atoms with Gasteiger partial charge >= 0.3 is 12.0 Å². The summed E-state index contributed by atoms with van der Waals surface area (Å²) in [6.45, 7) is 4.37. The summed E-state index contributed by atoms with van der Waals surface area (Å²) >= 11 is 3.02. The summed E-state index contributed by atoms with van der Waals surface area (Å²) in [5.41, 5.74) is 0.731. The van der Waals surface area contributed by atoms with Crippen molar-refractivity contribution in [3.63, 3.8) is 0 Å². The van der Waals surface area contributed by atoms with Crippen molar-refractivity contribution >= 4 is 35.1 Å². The summed E-state index contributed by atoms with van der Waals surface area (Å²) in [5, 5.41) is 20.0. The van der Waals surface area contributed by atoms with Crippen LogP contribution in [-0.4, -0.2) is 44.6 Å². The number of esters is 1. The third-order valence-electron chi connectivity index (χ3n) is 4.69. The predicted octanol–water partition coefficient (Wildman–Crippen LogP) is 2.84. The number of thiophene rings is 1. The maximum absolute atomic E-state index is 12.8. The molecule has 168 valence electrons. The van der Waals surface area contributed by atoms with Gasteiger partial charge in [-0.2, -0.15) is 0 Å². The van der Waals surface area contributed by atoms with E-state index in [2.05, 4.69) is 32.2 Å². The van der Waals surface area contributed by atoms with E-state index in [1.165, 1.54) is 16.6 Å². The molecular formula is C20H22N6O4S2. The molecule has 12 heteroatoms. The van der Waals surface area contributed by atoms with E-state index in [0.717, 1.165) is 6.42 Å². The minimum absolute atomic E-state index is 0.210. The summed E-state index contributed by atoms with van der Waals surface area (Å²) in [6.07, 6.45) is 0.813. The molecule has 3 aromatic heterocycles. The van der Waals surface area contributed by atoms with Gasteiger partial charge in [0.15, 0.2) is 0 Å². The fraction of sp³-hybridized carbons (Fsp3) is 0.350. The molecule has 10 nitrogen and oxygen atoms in total. The second kappa shape index (κ2) is 10.0. The van der Waals surface area contributed by atoms with Crippen molar-refractivity contribution < 1.29 is 18.7 Å². The molecule has 1 aliphatic heterocycles. The normalized spacial score (nSPS) is 16.1. The number of aromatic nitrogens is 4. The molecule has 3 aromatic rings. The van der Waals surface area contributed by atoms with Gasteiger partial charge in [-0.15, -0.1) is 16.4 Å². The molecule has 0 saturated carbocycles. The van der Waals surface area contributed by atoms with Crippen LogP contribution in [0.2, 0.25) is 0 Å². The average Bonchev–Trinajstić information content (AvgIpc) is 3.52. The van der Waals surface area contributed by atoms with Crippen LogP contribution in [0, 0.1) is 6.92 Å². The number of ether oxygens (including phenoxy) is 1. The number of carbonyl (C=O) groups is 2. The van der Waals surface area contributed by atoms with E-state index in [0.29, 0.717) is 34.5 Å². The number of thioether (sulfide) groups is 1. The highest BCUT2D eigenvalue weighted by Gasteiger charge is 2.35. The number of urea groups is 1. The zero-order valence-electron chi connectivity index (χ0n) is 17.5. The molecule has 0 radical (unpaired) electrons. The van der Waals surface area contributed by atoms with E-state index in [1.807, 2.05) is 11.4 Å². The maximum atomic E-state index is 12.8. The van der Waals surface area contributed by atoms with E-state index in [4.69, 9.17) is 9.15 Å². The number of carbonyl (C=O) groups excluding carboxylic acids is 2. The first kappa shape index (κ1) is 22.1. The Hall–Kier alpha value is -3.12. The minimum Gasteiger partial charge on any atom is -0.464 e. The number of amides is 2. The van der Waals surface area contributed by atoms with E-state index in [9.17, 15) is 9.59 Å². The number of nitrogens with one attached hydrogen (secondary N) is 2. The van der Waals surface area contributed by atoms with Gasteiger partial charge in [-0.25, -0.2) is 14.3 Å². The Labute approximate surface area is 192 Å². The van der Waals surface area contributed by atoms with Crippen molar-refractivity contribution in [2.75, 3.05) is 12.4 Å². The van der Waals surface area contributed by atoms with Crippen LogP contribution in [0.25, 0.3) is 0 Å². The lowest BCUT2D eigenvalue weighted by Crippen LogP contribution is -2.46. The lowest BCUT2D eigenvalue weighted by atomic mass is 10.0. The molecule has 1 atom stereocenters. The Morgan fingerprint density at radius 2 is 2.25 bits per heavy atom. The summed E-state index contributed by atoms with van der Waals surface area (Å²) in [5.74, 6) is 0.893. The van der Waals surface area contributed by atoms with Crippen molar-refractivity contribution in [1.82, 2.24) is 30.8 Å². The van der Waals surface area contributed by atoms with Gasteiger partial charge in [-0.3, -0.25) is 0 Å². The monoisotopic (exact) mass is 474 g/mol. The molecule has 1 aliphatic rings. The number of nitrogens with zero attached hydrogens (tertiary/aromatic N) is 4. The van der Waals surface area contributed by atoms with Gasteiger partial charge in [0.2, 0.25) is 5.16 Å². The van der Waals surface area contributed by atoms with Gasteiger partial charge < -0.3 is 19.8 Å². The SMILES string of the molecule is CCOC(=O)C1=C(CSc2nnnn2CCc2cccs2)NC(=O)NC1c1ccc(C)o1. The van der Waals surface area contributed by atoms with Crippen molar-refractivity contribution in [3.8, 4) is 0 Å². The predicted molar refractivity (Wildman–Crippen MR) is 118 cm³/mol. The van der Waals surface area contributed by atoms with Crippen molar-refractivity contribution in [1.29, 1.82) is 0 Å². The summed E-state index contributed by atoms with van der Waals surface area (Å²) in [7, 11) is 0. The quantitative estimate of drug-likeness (QED) is 0.358. The Balaban J connectivity index is 1.56. The lowest BCUT2D eigenvalue weighted by Gasteiger charge is -2.27. The van der Waals surface area contributed by atoms with Crippen LogP contribution in [-0.2, 0) is 22.5 Å². The van der Waals surface area contributed by atoms with Gasteiger partial charge in [0.1, 0.15) is 17.6 Å². The highest BCUT2D eigenvalue weighted by Crippen LogP contribution is 2.31. The lowest BCUT2D eigenvalue weighted by molar-refractivity contribution is -0.139. The van der Waals surface area contributed by atoms with Gasteiger partial charge in [0.05, 0.1) is 18.7 Å². The van der Waals surface area contributed by atoms with Crippen LogP contribution in [0.5, 0.6) is 0 Å². The van der Waals surface area contributed by atoms with Crippen LogP contribution >= 0.6 is 23.1 Å². The minimum atomic E-state index is -0.748. The van der Waals surface area contributed by atoms with E-state index in [1.54, 1.807) is 42.0 Å². The molecule has 0 saturated heterocycles. The van der Waals surface area contributed by atoms with E-state index >= 15 is 0 Å². The first-order chi connectivity index (χ1) is 15.5. The summed E-state index contributed by atoms with van der Waals surface area (Å²) in [6, 6.07) is 6.42. The third-order valence-corrected chi connectivity index (χ3v) is 6.61. The first-order valence-corrected chi connectivity index (χ1v) is 11.9. The molecule has 0 bridgehead atoms. The molecule has 4 heterocycles. The standard InChI is InChI=1S/C20H22N6O4S2/c1-3-29-18(27)16-14(21-19(28)22-17(16)15-7-6-12(2)30-15)11-32-20-23-24-25-26(20)9-8-13-5-4-10-31-13/h4-7,10,17H,3,8-9,11H2,1-2H3,(H2,21,22,28). The third kappa shape index (κ3) is 5.02. The van der Waals surface area contributed by atoms with Crippen molar-refractivity contribution in [3.05, 3.63) is 57.3 Å². The highest BCUT2D eigenvalue weighted by molar-refractivity contribution is 7.99. The Morgan fingerprint density at radius 3 is 2.97 bits per heavy atom. The van der Waals surface area contributed by atoms with Crippen LogP contribution in [0.4, 0.5) is 4.79 Å². The molecule has 0 aliphatic carbocycles. The Bertz CT molecular complexity index is 1120. The zero-order chi connectivity index (χ0) is 22.5. The second-order valence-corrected chi connectivity index (χ2v) is 8.87. The number of rotatable bonds is 9. The molecular weight excluding hydrogens is 452 g/mol. The highest BCUT2D eigenvalue weighted by atomic mass is 32.2. The Kier molecular flexibility index (Phi) is 6.90. The Morgan fingerprint density at radius 1 is 1.38 bits per heavy atom. The second-order valence-electron chi connectivity index (χ2n) is 6.90. The maximum Gasteiger partial charge on any atom is 0.338 e. The number of furan rings is 1. The fourth-order valence-electron chi connectivity index (χ4n) is 3.25. The largest absolute Gasteiger partial charge is 0.464 e. The summed E-state index contributed by atoms with van der Waals surface area (Å²) < 4.78 is 12.7. The van der Waals surface area contributed by atoms with Crippen LogP contribution in [0.1, 0.15) is 29.4 Å². The molecule has 32 heavy (non-hydrogen) atoms. The van der Waals surface area contributed by atoms with Crippen LogP contribution in [0.3, 0.4) is 0 Å². The number of aryl methyl sites for hydroxylation is 3. The summed E-state index contributed by atoms with van der Waals surface area (Å²) in [4.78, 5) is 26.4. The smallest absolute Gasteiger partial charge is 0.338 e. The molecule has 1 unspecified atom stereocenters. The van der Waals surface area contributed by atoms with Gasteiger partial charge in [0, 0.05) is 22.7 Å². The topological polar surface area (TPSA) is 124 Å². The van der Waals surface area contributed by atoms with Crippen LogP contribution < -0.4 is 10.6 Å². The number of hydrogen-bond donors (Lipinski definition) is 2. The van der Waals surface area contributed by atoms with Crippen LogP contribution in [0.15, 0.2) is 50.5 Å². The molecule has 4 rings (SSSR count). The molecule has 0 fully saturated rings.